The summed E-state index contributed by atoms with van der Waals surface area (Å²) < 4.78 is 11.9. The van der Waals surface area contributed by atoms with Crippen LogP contribution in [0.4, 0.5) is 0 Å². The minimum Gasteiger partial charge on any atom is -0.485 e. The summed E-state index contributed by atoms with van der Waals surface area (Å²) in [5, 5.41) is 0. The topological polar surface area (TPSA) is 35.5 Å². The fourth-order valence-corrected chi connectivity index (χ4v) is 2.86. The first-order valence-corrected chi connectivity index (χ1v) is 9.71. The summed E-state index contributed by atoms with van der Waals surface area (Å²) in [5.74, 6) is 1.19. The van der Waals surface area contributed by atoms with E-state index in [-0.39, 0.29) is 10.6 Å². The SMILES string of the molecule is CC(Br)C(=O)c1ccc(OCc2ccccc2)c(OCc2ccccc2)c1. The molecule has 3 nitrogen and oxygen atoms in total. The first kappa shape index (κ1) is 19.2. The van der Waals surface area contributed by atoms with Gasteiger partial charge < -0.3 is 9.47 Å². The molecule has 0 aliphatic heterocycles. The molecule has 1 unspecified atom stereocenters. The number of alkyl halides is 1. The van der Waals surface area contributed by atoms with Crippen LogP contribution < -0.4 is 9.47 Å². The quantitative estimate of drug-likeness (QED) is 0.338. The average molecular weight is 425 g/mol. The van der Waals surface area contributed by atoms with Crippen molar-refractivity contribution < 1.29 is 14.3 Å². The minimum atomic E-state index is -0.254. The fraction of sp³-hybridized carbons (Fsp3) is 0.174. The number of ketones is 1. The predicted molar refractivity (Wildman–Crippen MR) is 111 cm³/mol. The van der Waals surface area contributed by atoms with Crippen LogP contribution in [0.25, 0.3) is 0 Å². The van der Waals surface area contributed by atoms with E-state index in [0.29, 0.717) is 30.3 Å². The van der Waals surface area contributed by atoms with Crippen LogP contribution in [0.5, 0.6) is 11.5 Å². The van der Waals surface area contributed by atoms with Crippen LogP contribution in [-0.2, 0) is 13.2 Å². The van der Waals surface area contributed by atoms with Gasteiger partial charge in [0.2, 0.25) is 0 Å². The van der Waals surface area contributed by atoms with Crippen molar-refractivity contribution >= 4 is 21.7 Å². The molecule has 0 saturated carbocycles. The number of ether oxygens (including phenoxy) is 2. The third-order valence-electron chi connectivity index (χ3n) is 4.06. The Labute approximate surface area is 168 Å². The zero-order valence-corrected chi connectivity index (χ0v) is 16.7. The third-order valence-corrected chi connectivity index (χ3v) is 4.48. The molecule has 1 atom stereocenters. The van der Waals surface area contributed by atoms with Crippen LogP contribution in [0.1, 0.15) is 28.4 Å². The van der Waals surface area contributed by atoms with Crippen molar-refractivity contribution in [1.82, 2.24) is 0 Å². The molecule has 0 spiro atoms. The van der Waals surface area contributed by atoms with E-state index in [0.717, 1.165) is 11.1 Å². The normalized spacial score (nSPS) is 11.6. The zero-order valence-electron chi connectivity index (χ0n) is 15.1. The van der Waals surface area contributed by atoms with E-state index in [1.54, 1.807) is 18.2 Å². The van der Waals surface area contributed by atoms with Gasteiger partial charge in [-0.15, -0.1) is 0 Å². The van der Waals surface area contributed by atoms with E-state index in [1.807, 2.05) is 67.6 Å². The van der Waals surface area contributed by atoms with Gasteiger partial charge in [-0.2, -0.15) is 0 Å². The highest BCUT2D eigenvalue weighted by Gasteiger charge is 2.15. The molecule has 0 aliphatic carbocycles. The standard InChI is InChI=1S/C23H21BrO3/c1-17(24)23(25)20-12-13-21(26-15-18-8-4-2-5-9-18)22(14-20)27-16-19-10-6-3-7-11-19/h2-14,17H,15-16H2,1H3. The van der Waals surface area contributed by atoms with Crippen LogP contribution in [0, 0.1) is 0 Å². The largest absolute Gasteiger partial charge is 0.485 e. The van der Waals surface area contributed by atoms with Gasteiger partial charge >= 0.3 is 0 Å². The van der Waals surface area contributed by atoms with Gasteiger partial charge in [-0.25, -0.2) is 0 Å². The lowest BCUT2D eigenvalue weighted by Crippen LogP contribution is -2.10. The molecule has 0 amide bonds. The lowest BCUT2D eigenvalue weighted by atomic mass is 10.1. The van der Waals surface area contributed by atoms with Crippen LogP contribution in [0.3, 0.4) is 0 Å². The number of hydrogen-bond acceptors (Lipinski definition) is 3. The van der Waals surface area contributed by atoms with Gasteiger partial charge in [-0.05, 0) is 36.2 Å². The Morgan fingerprint density at radius 3 is 1.85 bits per heavy atom. The van der Waals surface area contributed by atoms with E-state index in [2.05, 4.69) is 15.9 Å². The Hall–Kier alpha value is -2.59. The average Bonchev–Trinajstić information content (AvgIpc) is 2.72. The molecule has 0 bridgehead atoms. The fourth-order valence-electron chi connectivity index (χ4n) is 2.59. The van der Waals surface area contributed by atoms with E-state index in [4.69, 9.17) is 9.47 Å². The lowest BCUT2D eigenvalue weighted by Gasteiger charge is -2.15. The van der Waals surface area contributed by atoms with Crippen LogP contribution in [0.15, 0.2) is 78.9 Å². The molecule has 0 heterocycles. The van der Waals surface area contributed by atoms with Gasteiger partial charge in [-0.3, -0.25) is 4.79 Å². The van der Waals surface area contributed by atoms with E-state index < -0.39 is 0 Å². The van der Waals surface area contributed by atoms with Crippen molar-refractivity contribution in [3.63, 3.8) is 0 Å². The van der Waals surface area contributed by atoms with Gasteiger partial charge in [0.05, 0.1) is 4.83 Å². The Kier molecular flexibility index (Phi) is 6.66. The second-order valence-electron chi connectivity index (χ2n) is 6.19. The molecular weight excluding hydrogens is 404 g/mol. The molecule has 0 radical (unpaired) electrons. The van der Waals surface area contributed by atoms with Crippen molar-refractivity contribution in [3.8, 4) is 11.5 Å². The van der Waals surface area contributed by atoms with Gasteiger partial charge in [0.25, 0.3) is 0 Å². The monoisotopic (exact) mass is 424 g/mol. The predicted octanol–water partition coefficient (Wildman–Crippen LogP) is 5.81. The highest BCUT2D eigenvalue weighted by Crippen LogP contribution is 2.31. The maximum Gasteiger partial charge on any atom is 0.176 e. The number of rotatable bonds is 8. The van der Waals surface area contributed by atoms with Crippen molar-refractivity contribution in [2.75, 3.05) is 0 Å². The molecule has 138 valence electrons. The smallest absolute Gasteiger partial charge is 0.176 e. The van der Waals surface area contributed by atoms with E-state index >= 15 is 0 Å². The summed E-state index contributed by atoms with van der Waals surface area (Å²) in [6.07, 6.45) is 0. The Morgan fingerprint density at radius 2 is 1.33 bits per heavy atom. The third kappa shape index (κ3) is 5.44. The molecule has 3 aromatic rings. The second-order valence-corrected chi connectivity index (χ2v) is 7.56. The number of benzene rings is 3. The Balaban J connectivity index is 1.80. The van der Waals surface area contributed by atoms with Crippen molar-refractivity contribution in [1.29, 1.82) is 0 Å². The highest BCUT2D eigenvalue weighted by molar-refractivity contribution is 9.10. The Bertz CT molecular complexity index is 877. The van der Waals surface area contributed by atoms with Crippen molar-refractivity contribution in [3.05, 3.63) is 95.6 Å². The van der Waals surface area contributed by atoms with Crippen molar-refractivity contribution in [2.24, 2.45) is 0 Å². The van der Waals surface area contributed by atoms with E-state index in [9.17, 15) is 4.79 Å². The summed E-state index contributed by atoms with van der Waals surface area (Å²) in [5.41, 5.74) is 2.72. The Morgan fingerprint density at radius 1 is 0.815 bits per heavy atom. The summed E-state index contributed by atoms with van der Waals surface area (Å²) in [6.45, 7) is 2.65. The number of Topliss-reactive ketones (excluding diaryl/α,β-unsaturated/α-hetero) is 1. The molecule has 0 fully saturated rings. The molecule has 3 aromatic carbocycles. The molecule has 4 heteroatoms. The highest BCUT2D eigenvalue weighted by atomic mass is 79.9. The molecular formula is C23H21BrO3. The number of carbonyl (C=O) groups excluding carboxylic acids is 1. The molecule has 3 rings (SSSR count). The molecule has 0 aliphatic rings. The minimum absolute atomic E-state index is 0.00849. The summed E-state index contributed by atoms with van der Waals surface area (Å²) >= 11 is 3.33. The summed E-state index contributed by atoms with van der Waals surface area (Å²) in [6, 6.07) is 25.2. The maximum absolute atomic E-state index is 12.3. The first-order chi connectivity index (χ1) is 13.1. The van der Waals surface area contributed by atoms with E-state index in [1.165, 1.54) is 0 Å². The van der Waals surface area contributed by atoms with Gasteiger partial charge in [-0.1, -0.05) is 76.6 Å². The summed E-state index contributed by atoms with van der Waals surface area (Å²) in [7, 11) is 0. The van der Waals surface area contributed by atoms with Crippen LogP contribution >= 0.6 is 15.9 Å². The number of halogens is 1. The lowest BCUT2D eigenvalue weighted by molar-refractivity contribution is 0.0995. The second kappa shape index (κ2) is 9.38. The first-order valence-electron chi connectivity index (χ1n) is 8.79. The van der Waals surface area contributed by atoms with Crippen LogP contribution in [0.2, 0.25) is 0 Å². The molecule has 0 saturated heterocycles. The molecule has 0 aromatic heterocycles. The zero-order chi connectivity index (χ0) is 19.1. The van der Waals surface area contributed by atoms with Gasteiger partial charge in [0.1, 0.15) is 13.2 Å². The molecule has 27 heavy (non-hydrogen) atoms. The number of carbonyl (C=O) groups is 1. The van der Waals surface area contributed by atoms with Crippen LogP contribution in [-0.4, -0.2) is 10.6 Å². The van der Waals surface area contributed by atoms with Crippen molar-refractivity contribution in [2.45, 2.75) is 25.0 Å². The van der Waals surface area contributed by atoms with Gasteiger partial charge in [0, 0.05) is 5.56 Å². The maximum atomic E-state index is 12.3. The van der Waals surface area contributed by atoms with Gasteiger partial charge in [0.15, 0.2) is 17.3 Å². The number of hydrogen-bond donors (Lipinski definition) is 0. The summed E-state index contributed by atoms with van der Waals surface area (Å²) in [4.78, 5) is 12.1. The molecule has 0 N–H and O–H groups in total.